The number of nitrogens with two attached hydrogens (primary N) is 3. The summed E-state index contributed by atoms with van der Waals surface area (Å²) in [4.78, 5) is 104. The van der Waals surface area contributed by atoms with E-state index in [-0.39, 0.29) is 49.8 Å². The van der Waals surface area contributed by atoms with Gasteiger partial charge in [-0.15, -0.1) is 0 Å². The van der Waals surface area contributed by atoms with Crippen LogP contribution in [0.2, 0.25) is 0 Å². The van der Waals surface area contributed by atoms with E-state index in [0.717, 1.165) is 21.6 Å². The lowest BCUT2D eigenvalue weighted by molar-refractivity contribution is -0.134. The van der Waals surface area contributed by atoms with Gasteiger partial charge < -0.3 is 64.8 Å². The Balaban J connectivity index is 2.50. The molecule has 1 fully saturated rings. The van der Waals surface area contributed by atoms with E-state index < -0.39 is 96.7 Å². The SMILES string of the molecule is C[C@@H](O)[C@@H]1NC(=O)CNC(=O)[C@H](Cc2ccccc2)NC(=O)[C@H](CCCNC(=N)N)NC(=O)[C@@H](NC(=O)CNC(=O)CN)CSSC[C@@H](C(N)=O)NC1=O. The Labute approximate surface area is 318 Å². The predicted molar refractivity (Wildman–Crippen MR) is 200 cm³/mol. The molecule has 21 nitrogen and oxygen atoms in total. The van der Waals surface area contributed by atoms with Crippen molar-refractivity contribution in [3.8, 4) is 0 Å². The van der Waals surface area contributed by atoms with E-state index in [1.54, 1.807) is 30.3 Å². The van der Waals surface area contributed by atoms with Crippen molar-refractivity contribution in [3.05, 3.63) is 35.9 Å². The smallest absolute Gasteiger partial charge is 0.245 e. The summed E-state index contributed by atoms with van der Waals surface area (Å²) in [7, 11) is 1.99. The monoisotopic (exact) mass is 796 g/mol. The maximum Gasteiger partial charge on any atom is 0.245 e. The first-order valence-electron chi connectivity index (χ1n) is 16.7. The van der Waals surface area contributed by atoms with Crippen molar-refractivity contribution in [2.24, 2.45) is 17.2 Å². The molecule has 8 amide bonds. The summed E-state index contributed by atoms with van der Waals surface area (Å²) < 4.78 is 0. The second-order valence-electron chi connectivity index (χ2n) is 11.9. The Kier molecular flexibility index (Phi) is 19.6. The van der Waals surface area contributed by atoms with Gasteiger partial charge in [-0.2, -0.15) is 0 Å². The minimum atomic E-state index is -1.55. The van der Waals surface area contributed by atoms with Crippen LogP contribution >= 0.6 is 21.6 Å². The number of hydrogen-bond donors (Lipinski definition) is 13. The Morgan fingerprint density at radius 2 is 1.56 bits per heavy atom. The summed E-state index contributed by atoms with van der Waals surface area (Å²) in [6.07, 6.45) is -1.29. The summed E-state index contributed by atoms with van der Waals surface area (Å²) >= 11 is 0. The number of carbonyl (C=O) groups excluding carboxylic acids is 8. The molecule has 23 heteroatoms. The van der Waals surface area contributed by atoms with Crippen LogP contribution in [0.15, 0.2) is 30.3 Å². The number of aliphatic hydroxyl groups excluding tert-OH is 1. The minimum Gasteiger partial charge on any atom is -0.391 e. The molecule has 0 aromatic heterocycles. The molecule has 0 unspecified atom stereocenters. The fourth-order valence-corrected chi connectivity index (χ4v) is 7.03. The molecule has 16 N–H and O–H groups in total. The number of nitrogens with one attached hydrogen (secondary N) is 9. The molecule has 298 valence electrons. The van der Waals surface area contributed by atoms with Crippen LogP contribution in [0.5, 0.6) is 0 Å². The van der Waals surface area contributed by atoms with Crippen molar-refractivity contribution >= 4 is 74.8 Å². The van der Waals surface area contributed by atoms with Gasteiger partial charge in [0.2, 0.25) is 47.3 Å². The van der Waals surface area contributed by atoms with Crippen LogP contribution in [0, 0.1) is 5.41 Å². The zero-order valence-corrected chi connectivity index (χ0v) is 31.1. The van der Waals surface area contributed by atoms with E-state index in [2.05, 4.69) is 42.5 Å². The van der Waals surface area contributed by atoms with E-state index in [1.165, 1.54) is 6.92 Å². The first-order valence-corrected chi connectivity index (χ1v) is 19.2. The van der Waals surface area contributed by atoms with E-state index in [9.17, 15) is 43.5 Å². The van der Waals surface area contributed by atoms with Gasteiger partial charge in [0.25, 0.3) is 0 Å². The average molecular weight is 797 g/mol. The summed E-state index contributed by atoms with van der Waals surface area (Å²) in [6.45, 7) is -0.206. The zero-order chi connectivity index (χ0) is 40.2. The second-order valence-corrected chi connectivity index (χ2v) is 14.5. The largest absolute Gasteiger partial charge is 0.391 e. The lowest BCUT2D eigenvalue weighted by atomic mass is 10.0. The third-order valence-corrected chi connectivity index (χ3v) is 9.96. The third kappa shape index (κ3) is 16.7. The zero-order valence-electron chi connectivity index (χ0n) is 29.5. The maximum atomic E-state index is 13.8. The second kappa shape index (κ2) is 23.5. The van der Waals surface area contributed by atoms with E-state index in [4.69, 9.17) is 22.6 Å². The number of benzene rings is 1. The Bertz CT molecular complexity index is 1500. The molecule has 6 atom stereocenters. The van der Waals surface area contributed by atoms with Crippen molar-refractivity contribution in [1.82, 2.24) is 42.5 Å². The number of guanidine groups is 1. The summed E-state index contributed by atoms with van der Waals surface area (Å²) in [6, 6.07) is 1.85. The molecule has 1 saturated heterocycles. The fraction of sp³-hybridized carbons (Fsp3) is 0.516. The van der Waals surface area contributed by atoms with Crippen molar-refractivity contribution in [2.75, 3.05) is 37.7 Å². The summed E-state index contributed by atoms with van der Waals surface area (Å²) in [5.74, 6) is -7.20. The number of primary amides is 1. The standard InChI is InChI=1S/C31H48N12O9S2/c1-16(44)25-30(52)42-20(26(33)48)14-53-54-15-21(39-23(46)12-37-22(45)11-32)29(51)40-18(8-5-9-36-31(34)35)28(50)41-19(10-17-6-3-2-4-7-17)27(49)38-13-24(47)43-25/h2-4,6-7,16,18-21,25,44H,5,8-15,32H2,1H3,(H2,33,48)(H,37,45)(H,38,49)(H,39,46)(H,40,51)(H,41,50)(H,42,52)(H,43,47)(H4,34,35,36)/t16-,18+,19+,20+,21+,25+/m1/s1. The average Bonchev–Trinajstić information content (AvgIpc) is 3.12. The molecule has 1 aromatic carbocycles. The molecular formula is C31H48N12O9S2. The van der Waals surface area contributed by atoms with E-state index >= 15 is 0 Å². The molecule has 1 aliphatic rings. The van der Waals surface area contributed by atoms with Crippen LogP contribution in [-0.2, 0) is 44.8 Å². The molecule has 0 spiro atoms. The molecule has 1 aromatic rings. The fourth-order valence-electron chi connectivity index (χ4n) is 4.69. The molecule has 0 aliphatic carbocycles. The van der Waals surface area contributed by atoms with Crippen molar-refractivity contribution in [3.63, 3.8) is 0 Å². The number of rotatable bonds is 12. The van der Waals surface area contributed by atoms with E-state index in [1.807, 2.05) is 0 Å². The van der Waals surface area contributed by atoms with Crippen molar-refractivity contribution < 1.29 is 43.5 Å². The van der Waals surface area contributed by atoms with Gasteiger partial charge in [0.05, 0.1) is 25.7 Å². The quantitative estimate of drug-likeness (QED) is 0.0406. The van der Waals surface area contributed by atoms with Crippen LogP contribution < -0.4 is 59.7 Å². The van der Waals surface area contributed by atoms with Gasteiger partial charge in [0, 0.05) is 24.5 Å². The van der Waals surface area contributed by atoms with Crippen LogP contribution in [0.3, 0.4) is 0 Å². The Morgan fingerprint density at radius 1 is 0.889 bits per heavy atom. The van der Waals surface area contributed by atoms with Crippen molar-refractivity contribution in [1.29, 1.82) is 5.41 Å². The highest BCUT2D eigenvalue weighted by atomic mass is 33.1. The topological polar surface area (TPSA) is 355 Å². The number of amides is 8. The molecule has 1 heterocycles. The van der Waals surface area contributed by atoms with Crippen LogP contribution in [0.1, 0.15) is 25.3 Å². The van der Waals surface area contributed by atoms with Crippen LogP contribution in [0.4, 0.5) is 0 Å². The number of carbonyl (C=O) groups is 8. The third-order valence-electron chi connectivity index (χ3n) is 7.53. The Morgan fingerprint density at radius 3 is 2.19 bits per heavy atom. The number of aliphatic hydroxyl groups is 1. The van der Waals surface area contributed by atoms with Gasteiger partial charge in [-0.3, -0.25) is 43.8 Å². The highest BCUT2D eigenvalue weighted by Crippen LogP contribution is 2.23. The molecular weight excluding hydrogens is 749 g/mol. The summed E-state index contributed by atoms with van der Waals surface area (Å²) in [5.41, 5.74) is 16.8. The Hall–Kier alpha value is -5.13. The molecule has 0 radical (unpaired) electrons. The first kappa shape index (κ1) is 45.0. The van der Waals surface area contributed by atoms with Gasteiger partial charge in [0.15, 0.2) is 5.96 Å². The molecule has 0 bridgehead atoms. The van der Waals surface area contributed by atoms with Gasteiger partial charge in [-0.05, 0) is 25.3 Å². The van der Waals surface area contributed by atoms with Crippen molar-refractivity contribution in [2.45, 2.75) is 62.5 Å². The summed E-state index contributed by atoms with van der Waals surface area (Å²) in [5, 5.41) is 37.4. The maximum absolute atomic E-state index is 13.8. The van der Waals surface area contributed by atoms with Gasteiger partial charge in [-0.1, -0.05) is 51.9 Å². The first-order chi connectivity index (χ1) is 25.6. The predicted octanol–water partition coefficient (Wildman–Crippen LogP) is -5.63. The highest BCUT2D eigenvalue weighted by molar-refractivity contribution is 8.76. The van der Waals surface area contributed by atoms with Crippen LogP contribution in [0.25, 0.3) is 0 Å². The van der Waals surface area contributed by atoms with Crippen LogP contribution in [-0.4, -0.2) is 132 Å². The van der Waals surface area contributed by atoms with Gasteiger partial charge in [-0.25, -0.2) is 0 Å². The van der Waals surface area contributed by atoms with E-state index in [0.29, 0.717) is 5.56 Å². The minimum absolute atomic E-state index is 0.0181. The number of hydrogen-bond acceptors (Lipinski definition) is 13. The molecule has 54 heavy (non-hydrogen) atoms. The molecule has 2 rings (SSSR count). The van der Waals surface area contributed by atoms with Gasteiger partial charge in [0.1, 0.15) is 30.2 Å². The van der Waals surface area contributed by atoms with Gasteiger partial charge >= 0.3 is 0 Å². The molecule has 0 saturated carbocycles. The normalized spacial score (nSPS) is 22.8. The lowest BCUT2D eigenvalue weighted by Gasteiger charge is -2.26. The highest BCUT2D eigenvalue weighted by Gasteiger charge is 2.32. The lowest BCUT2D eigenvalue weighted by Crippen LogP contribution is -2.59. The molecule has 1 aliphatic heterocycles.